The van der Waals surface area contributed by atoms with E-state index in [1.165, 1.54) is 16.9 Å². The number of hydrogen-bond acceptors (Lipinski definition) is 6. The smallest absolute Gasteiger partial charge is 0.408 e. The molecule has 0 spiro atoms. The minimum absolute atomic E-state index is 0.0875. The summed E-state index contributed by atoms with van der Waals surface area (Å²) in [4.78, 5) is 21.8. The highest BCUT2D eigenvalue weighted by molar-refractivity contribution is 7.09. The van der Waals surface area contributed by atoms with Crippen molar-refractivity contribution in [2.45, 2.75) is 39.0 Å². The van der Waals surface area contributed by atoms with E-state index in [1.54, 1.807) is 0 Å². The molecule has 0 aliphatic carbocycles. The minimum atomic E-state index is -0.457. The standard InChI is InChI=1S/C25H27N3O3S/c1-17(2)22(28-25(29)31-14-19-11-7-4-8-12-19)24-27-21(16-32-24)23-26-20(15-30-23)13-18-9-5-3-6-10-18/h3-12,16-17,20,22H,13-15H2,1-2H3,(H,28,29)/t20-,22-/m0/s1. The number of aromatic nitrogens is 1. The molecule has 1 aromatic heterocycles. The second-order valence-corrected chi connectivity index (χ2v) is 8.98. The first-order chi connectivity index (χ1) is 15.6. The molecule has 3 aromatic rings. The van der Waals surface area contributed by atoms with E-state index < -0.39 is 6.09 Å². The van der Waals surface area contributed by atoms with Gasteiger partial charge in [-0.15, -0.1) is 11.3 Å². The highest BCUT2D eigenvalue weighted by Gasteiger charge is 2.26. The number of ether oxygens (including phenoxy) is 2. The number of nitrogens with one attached hydrogen (secondary N) is 1. The summed E-state index contributed by atoms with van der Waals surface area (Å²) >= 11 is 1.49. The van der Waals surface area contributed by atoms with Crippen molar-refractivity contribution in [1.29, 1.82) is 0 Å². The molecule has 6 nitrogen and oxygen atoms in total. The van der Waals surface area contributed by atoms with Gasteiger partial charge in [0.1, 0.15) is 23.9 Å². The van der Waals surface area contributed by atoms with Crippen LogP contribution in [0.5, 0.6) is 0 Å². The van der Waals surface area contributed by atoms with E-state index in [2.05, 4.69) is 17.4 Å². The number of carbonyl (C=O) groups is 1. The minimum Gasteiger partial charge on any atom is -0.474 e. The number of hydrogen-bond donors (Lipinski definition) is 1. The summed E-state index contributed by atoms with van der Waals surface area (Å²) in [5.74, 6) is 0.720. The normalized spacial score (nSPS) is 16.3. The van der Waals surface area contributed by atoms with Gasteiger partial charge in [0.2, 0.25) is 5.90 Å². The van der Waals surface area contributed by atoms with Crippen LogP contribution in [0.25, 0.3) is 0 Å². The van der Waals surface area contributed by atoms with Crippen LogP contribution in [0.1, 0.15) is 41.7 Å². The summed E-state index contributed by atoms with van der Waals surface area (Å²) < 4.78 is 11.2. The number of benzene rings is 2. The molecule has 0 saturated heterocycles. The van der Waals surface area contributed by atoms with Crippen LogP contribution >= 0.6 is 11.3 Å². The van der Waals surface area contributed by atoms with Gasteiger partial charge in [-0.3, -0.25) is 0 Å². The number of aliphatic imine (C=N–C) groups is 1. The molecule has 1 aliphatic rings. The number of rotatable bonds is 8. The lowest BCUT2D eigenvalue weighted by molar-refractivity contribution is 0.132. The molecule has 0 radical (unpaired) electrons. The van der Waals surface area contributed by atoms with Crippen molar-refractivity contribution in [3.63, 3.8) is 0 Å². The number of nitrogens with zero attached hydrogens (tertiary/aromatic N) is 2. The summed E-state index contributed by atoms with van der Waals surface area (Å²) in [6.45, 7) is 4.87. The molecule has 2 atom stereocenters. The number of amides is 1. The second-order valence-electron chi connectivity index (χ2n) is 8.09. The quantitative estimate of drug-likeness (QED) is 0.516. The zero-order chi connectivity index (χ0) is 22.3. The molecule has 4 rings (SSSR count). The maximum absolute atomic E-state index is 12.4. The van der Waals surface area contributed by atoms with Crippen molar-refractivity contribution in [2.75, 3.05) is 6.61 Å². The SMILES string of the molecule is CC(C)[C@H](NC(=O)OCc1ccccc1)c1nc(C2=N[C@@H](Cc3ccccc3)CO2)cs1. The molecule has 1 N–H and O–H groups in total. The Labute approximate surface area is 192 Å². The topological polar surface area (TPSA) is 72.8 Å². The van der Waals surface area contributed by atoms with E-state index in [4.69, 9.17) is 19.5 Å². The largest absolute Gasteiger partial charge is 0.474 e. The molecule has 0 saturated carbocycles. The number of carbonyl (C=O) groups excluding carboxylic acids is 1. The third kappa shape index (κ3) is 5.73. The van der Waals surface area contributed by atoms with Crippen LogP contribution in [-0.4, -0.2) is 29.6 Å². The van der Waals surface area contributed by atoms with Gasteiger partial charge in [0.05, 0.1) is 12.1 Å². The monoisotopic (exact) mass is 449 g/mol. The van der Waals surface area contributed by atoms with Crippen molar-refractivity contribution in [3.8, 4) is 0 Å². The van der Waals surface area contributed by atoms with Crippen molar-refractivity contribution in [1.82, 2.24) is 10.3 Å². The molecular weight excluding hydrogens is 422 g/mol. The first-order valence-corrected chi connectivity index (χ1v) is 11.6. The fourth-order valence-electron chi connectivity index (χ4n) is 3.48. The molecule has 2 aromatic carbocycles. The lowest BCUT2D eigenvalue weighted by atomic mass is 10.1. The van der Waals surface area contributed by atoms with Gasteiger partial charge >= 0.3 is 6.09 Å². The first kappa shape index (κ1) is 22.0. The third-order valence-corrected chi connectivity index (χ3v) is 6.11. The zero-order valence-corrected chi connectivity index (χ0v) is 19.0. The van der Waals surface area contributed by atoms with Gasteiger partial charge in [-0.2, -0.15) is 0 Å². The molecular formula is C25H27N3O3S. The van der Waals surface area contributed by atoms with Crippen molar-refractivity contribution in [3.05, 3.63) is 87.9 Å². The van der Waals surface area contributed by atoms with Crippen LogP contribution in [0.3, 0.4) is 0 Å². The molecule has 7 heteroatoms. The van der Waals surface area contributed by atoms with Crippen LogP contribution in [-0.2, 0) is 22.5 Å². The average molecular weight is 450 g/mol. The summed E-state index contributed by atoms with van der Waals surface area (Å²) in [5, 5.41) is 5.70. The van der Waals surface area contributed by atoms with E-state index >= 15 is 0 Å². The van der Waals surface area contributed by atoms with Crippen LogP contribution in [0.2, 0.25) is 0 Å². The first-order valence-electron chi connectivity index (χ1n) is 10.8. The Morgan fingerprint density at radius 2 is 1.81 bits per heavy atom. The molecule has 1 aliphatic heterocycles. The summed E-state index contributed by atoms with van der Waals surface area (Å²) in [7, 11) is 0. The average Bonchev–Trinajstić information content (AvgIpc) is 3.47. The maximum atomic E-state index is 12.4. The molecule has 1 amide bonds. The Morgan fingerprint density at radius 3 is 2.50 bits per heavy atom. The van der Waals surface area contributed by atoms with Crippen LogP contribution in [0, 0.1) is 5.92 Å². The van der Waals surface area contributed by atoms with Gasteiger partial charge in [-0.25, -0.2) is 14.8 Å². The Morgan fingerprint density at radius 1 is 1.12 bits per heavy atom. The molecule has 0 bridgehead atoms. The van der Waals surface area contributed by atoms with E-state index in [0.29, 0.717) is 18.2 Å². The van der Waals surface area contributed by atoms with Gasteiger partial charge in [0, 0.05) is 5.38 Å². The highest BCUT2D eigenvalue weighted by Crippen LogP contribution is 2.27. The van der Waals surface area contributed by atoms with E-state index in [1.807, 2.05) is 67.8 Å². The zero-order valence-electron chi connectivity index (χ0n) is 18.2. The Hall–Kier alpha value is -3.19. The molecule has 2 heterocycles. The van der Waals surface area contributed by atoms with E-state index in [-0.39, 0.29) is 24.6 Å². The Balaban J connectivity index is 1.38. The van der Waals surface area contributed by atoms with Gasteiger partial charge in [0.15, 0.2) is 0 Å². The van der Waals surface area contributed by atoms with Gasteiger partial charge in [0.25, 0.3) is 0 Å². The summed E-state index contributed by atoms with van der Waals surface area (Å²) in [6, 6.07) is 19.7. The molecule has 166 valence electrons. The third-order valence-electron chi connectivity index (χ3n) is 5.19. The van der Waals surface area contributed by atoms with Crippen LogP contribution in [0.4, 0.5) is 4.79 Å². The summed E-state index contributed by atoms with van der Waals surface area (Å²) in [5.41, 5.74) is 2.90. The maximum Gasteiger partial charge on any atom is 0.408 e. The lowest BCUT2D eigenvalue weighted by Crippen LogP contribution is -2.32. The molecule has 0 fully saturated rings. The van der Waals surface area contributed by atoms with Crippen molar-refractivity contribution in [2.24, 2.45) is 10.9 Å². The van der Waals surface area contributed by atoms with Gasteiger partial charge in [-0.05, 0) is 23.5 Å². The predicted molar refractivity (Wildman–Crippen MR) is 126 cm³/mol. The Kier molecular flexibility index (Phi) is 7.17. The van der Waals surface area contributed by atoms with E-state index in [0.717, 1.165) is 17.0 Å². The fourth-order valence-corrected chi connectivity index (χ4v) is 4.49. The van der Waals surface area contributed by atoms with Crippen molar-refractivity contribution >= 4 is 23.3 Å². The fraction of sp³-hybridized carbons (Fsp3) is 0.320. The predicted octanol–water partition coefficient (Wildman–Crippen LogP) is 5.15. The highest BCUT2D eigenvalue weighted by atomic mass is 32.1. The second kappa shape index (κ2) is 10.4. The van der Waals surface area contributed by atoms with Crippen molar-refractivity contribution < 1.29 is 14.3 Å². The van der Waals surface area contributed by atoms with Crippen LogP contribution < -0.4 is 5.32 Å². The number of alkyl carbamates (subject to hydrolysis) is 1. The molecule has 0 unspecified atom stereocenters. The lowest BCUT2D eigenvalue weighted by Gasteiger charge is -2.20. The summed E-state index contributed by atoms with van der Waals surface area (Å²) in [6.07, 6.45) is 0.381. The number of thiazole rings is 1. The van der Waals surface area contributed by atoms with Gasteiger partial charge < -0.3 is 14.8 Å². The Bertz CT molecular complexity index is 1050. The van der Waals surface area contributed by atoms with Crippen LogP contribution in [0.15, 0.2) is 71.0 Å². The van der Waals surface area contributed by atoms with E-state index in [9.17, 15) is 4.79 Å². The molecule has 32 heavy (non-hydrogen) atoms. The van der Waals surface area contributed by atoms with Gasteiger partial charge in [-0.1, -0.05) is 74.5 Å².